The first-order chi connectivity index (χ1) is 12.0. The highest BCUT2D eigenvalue weighted by Gasteiger charge is 2.07. The molecular weight excluding hydrogens is 332 g/mol. The van der Waals surface area contributed by atoms with E-state index in [1.807, 2.05) is 43.3 Å². The van der Waals surface area contributed by atoms with E-state index in [1.165, 1.54) is 11.1 Å². The minimum Gasteiger partial charge on any atom is -0.366 e. The molecule has 2 aromatic carbocycles. The summed E-state index contributed by atoms with van der Waals surface area (Å²) in [6, 6.07) is 15.9. The van der Waals surface area contributed by atoms with Crippen molar-refractivity contribution in [3.63, 3.8) is 0 Å². The molecule has 25 heavy (non-hydrogen) atoms. The van der Waals surface area contributed by atoms with Crippen molar-refractivity contribution >= 4 is 29.1 Å². The van der Waals surface area contributed by atoms with E-state index in [9.17, 15) is 0 Å². The molecule has 1 heterocycles. The number of halogens is 1. The average molecular weight is 353 g/mol. The molecule has 128 valence electrons. The summed E-state index contributed by atoms with van der Waals surface area (Å²) >= 11 is 5.92. The first-order valence-electron chi connectivity index (χ1n) is 8.18. The quantitative estimate of drug-likeness (QED) is 0.644. The smallest absolute Gasteiger partial charge is 0.229 e. The Morgan fingerprint density at radius 2 is 1.60 bits per heavy atom. The predicted octanol–water partition coefficient (Wildman–Crippen LogP) is 5.41. The highest BCUT2D eigenvalue weighted by molar-refractivity contribution is 6.30. The van der Waals surface area contributed by atoms with E-state index in [-0.39, 0.29) is 0 Å². The van der Waals surface area contributed by atoms with E-state index in [4.69, 9.17) is 11.6 Å². The summed E-state index contributed by atoms with van der Waals surface area (Å²) in [5.41, 5.74) is 5.44. The molecule has 0 amide bonds. The summed E-state index contributed by atoms with van der Waals surface area (Å²) in [5.74, 6) is 1.38. The molecule has 4 nitrogen and oxygen atoms in total. The molecule has 0 fully saturated rings. The van der Waals surface area contributed by atoms with Crippen LogP contribution in [0.4, 0.5) is 17.5 Å². The van der Waals surface area contributed by atoms with Gasteiger partial charge in [-0.1, -0.05) is 41.9 Å². The number of hydrogen-bond donors (Lipinski definition) is 2. The fraction of sp³-hybridized carbons (Fsp3) is 0.200. The molecule has 3 aromatic rings. The number of anilines is 3. The SMILES string of the molecule is Cc1cc(NCc2ccc(Cl)cc2)nc(Nc2c(C)cccc2C)n1. The lowest BCUT2D eigenvalue weighted by molar-refractivity contribution is 1.06. The second kappa shape index (κ2) is 7.53. The summed E-state index contributed by atoms with van der Waals surface area (Å²) in [6.45, 7) is 6.79. The summed E-state index contributed by atoms with van der Waals surface area (Å²) in [4.78, 5) is 9.08. The number of aromatic nitrogens is 2. The minimum absolute atomic E-state index is 0.594. The molecule has 0 saturated heterocycles. The monoisotopic (exact) mass is 352 g/mol. The number of para-hydroxylation sites is 1. The Morgan fingerprint density at radius 3 is 2.28 bits per heavy atom. The van der Waals surface area contributed by atoms with Crippen molar-refractivity contribution in [1.82, 2.24) is 9.97 Å². The van der Waals surface area contributed by atoms with Crippen LogP contribution in [0, 0.1) is 20.8 Å². The minimum atomic E-state index is 0.594. The zero-order valence-corrected chi connectivity index (χ0v) is 15.4. The number of benzene rings is 2. The van der Waals surface area contributed by atoms with Gasteiger partial charge in [0.1, 0.15) is 5.82 Å². The molecule has 0 aliphatic carbocycles. The maximum atomic E-state index is 5.92. The molecular formula is C20H21ClN4. The Labute approximate surface area is 153 Å². The Hall–Kier alpha value is -2.59. The average Bonchev–Trinajstić information content (AvgIpc) is 2.57. The van der Waals surface area contributed by atoms with Gasteiger partial charge < -0.3 is 10.6 Å². The number of hydrogen-bond acceptors (Lipinski definition) is 4. The molecule has 3 rings (SSSR count). The standard InChI is InChI=1S/C20H21ClN4/c1-13-5-4-6-14(2)19(13)25-20-23-15(3)11-18(24-20)22-12-16-7-9-17(21)10-8-16/h4-11H,12H2,1-3H3,(H2,22,23,24,25). The number of aryl methyl sites for hydroxylation is 3. The summed E-state index contributed by atoms with van der Waals surface area (Å²) in [5, 5.41) is 7.43. The third kappa shape index (κ3) is 4.48. The van der Waals surface area contributed by atoms with Gasteiger partial charge in [0.25, 0.3) is 0 Å². The van der Waals surface area contributed by atoms with Crippen LogP contribution in [0.25, 0.3) is 0 Å². The van der Waals surface area contributed by atoms with Crippen molar-refractivity contribution in [1.29, 1.82) is 0 Å². The predicted molar refractivity (Wildman–Crippen MR) is 105 cm³/mol. The van der Waals surface area contributed by atoms with E-state index in [2.05, 4.69) is 46.6 Å². The van der Waals surface area contributed by atoms with Crippen LogP contribution in [0.1, 0.15) is 22.4 Å². The number of nitrogens with zero attached hydrogens (tertiary/aromatic N) is 2. The first-order valence-corrected chi connectivity index (χ1v) is 8.56. The molecule has 0 atom stereocenters. The van der Waals surface area contributed by atoms with Gasteiger partial charge in [0.15, 0.2) is 0 Å². The van der Waals surface area contributed by atoms with Crippen LogP contribution in [0.2, 0.25) is 5.02 Å². The molecule has 0 spiro atoms. The number of rotatable bonds is 5. The van der Waals surface area contributed by atoms with Gasteiger partial charge >= 0.3 is 0 Å². The van der Waals surface area contributed by atoms with Crippen molar-refractivity contribution in [2.24, 2.45) is 0 Å². The summed E-state index contributed by atoms with van der Waals surface area (Å²) in [6.07, 6.45) is 0. The van der Waals surface area contributed by atoms with Gasteiger partial charge in [0.2, 0.25) is 5.95 Å². The van der Waals surface area contributed by atoms with Crippen LogP contribution in [0.3, 0.4) is 0 Å². The molecule has 0 saturated carbocycles. The van der Waals surface area contributed by atoms with Crippen LogP contribution in [0.5, 0.6) is 0 Å². The van der Waals surface area contributed by atoms with Gasteiger partial charge in [-0.05, 0) is 49.6 Å². The van der Waals surface area contributed by atoms with E-state index in [1.54, 1.807) is 0 Å². The second-order valence-corrected chi connectivity index (χ2v) is 6.53. The van der Waals surface area contributed by atoms with Gasteiger partial charge in [-0.15, -0.1) is 0 Å². The molecule has 0 radical (unpaired) electrons. The van der Waals surface area contributed by atoms with Gasteiger partial charge in [0, 0.05) is 29.0 Å². The molecule has 2 N–H and O–H groups in total. The van der Waals surface area contributed by atoms with Gasteiger partial charge in [-0.2, -0.15) is 4.98 Å². The van der Waals surface area contributed by atoms with Gasteiger partial charge in [0.05, 0.1) is 0 Å². The fourth-order valence-electron chi connectivity index (χ4n) is 2.63. The van der Waals surface area contributed by atoms with E-state index in [0.717, 1.165) is 27.8 Å². The fourth-order valence-corrected chi connectivity index (χ4v) is 2.76. The van der Waals surface area contributed by atoms with Crippen molar-refractivity contribution in [2.45, 2.75) is 27.3 Å². The lowest BCUT2D eigenvalue weighted by Crippen LogP contribution is -2.06. The lowest BCUT2D eigenvalue weighted by Gasteiger charge is -2.13. The Kier molecular flexibility index (Phi) is 5.19. The molecule has 1 aromatic heterocycles. The normalized spacial score (nSPS) is 10.6. The first kappa shape index (κ1) is 17.2. The van der Waals surface area contributed by atoms with Crippen LogP contribution in [-0.2, 0) is 6.54 Å². The van der Waals surface area contributed by atoms with Crippen molar-refractivity contribution in [3.8, 4) is 0 Å². The van der Waals surface area contributed by atoms with Crippen LogP contribution < -0.4 is 10.6 Å². The van der Waals surface area contributed by atoms with Gasteiger partial charge in [-0.3, -0.25) is 0 Å². The molecule has 0 aliphatic rings. The van der Waals surface area contributed by atoms with E-state index in [0.29, 0.717) is 12.5 Å². The number of nitrogens with one attached hydrogen (secondary N) is 2. The molecule has 0 bridgehead atoms. The lowest BCUT2D eigenvalue weighted by atomic mass is 10.1. The third-order valence-electron chi connectivity index (χ3n) is 3.96. The van der Waals surface area contributed by atoms with Crippen molar-refractivity contribution < 1.29 is 0 Å². The highest BCUT2D eigenvalue weighted by atomic mass is 35.5. The summed E-state index contributed by atoms with van der Waals surface area (Å²) < 4.78 is 0. The third-order valence-corrected chi connectivity index (χ3v) is 4.21. The Morgan fingerprint density at radius 1 is 0.920 bits per heavy atom. The van der Waals surface area contributed by atoms with Crippen LogP contribution >= 0.6 is 11.6 Å². The molecule has 0 unspecified atom stereocenters. The second-order valence-electron chi connectivity index (χ2n) is 6.09. The van der Waals surface area contributed by atoms with Crippen LogP contribution in [-0.4, -0.2) is 9.97 Å². The summed E-state index contributed by atoms with van der Waals surface area (Å²) in [7, 11) is 0. The Balaban J connectivity index is 1.77. The van der Waals surface area contributed by atoms with E-state index < -0.39 is 0 Å². The van der Waals surface area contributed by atoms with Crippen molar-refractivity contribution in [2.75, 3.05) is 10.6 Å². The van der Waals surface area contributed by atoms with Crippen molar-refractivity contribution in [3.05, 3.63) is 75.9 Å². The topological polar surface area (TPSA) is 49.8 Å². The maximum Gasteiger partial charge on any atom is 0.229 e. The Bertz CT molecular complexity index is 855. The largest absolute Gasteiger partial charge is 0.366 e. The van der Waals surface area contributed by atoms with E-state index >= 15 is 0 Å². The zero-order chi connectivity index (χ0) is 17.8. The highest BCUT2D eigenvalue weighted by Crippen LogP contribution is 2.23. The molecule has 5 heteroatoms. The van der Waals surface area contributed by atoms with Crippen LogP contribution in [0.15, 0.2) is 48.5 Å². The zero-order valence-electron chi connectivity index (χ0n) is 14.6. The van der Waals surface area contributed by atoms with Gasteiger partial charge in [-0.25, -0.2) is 4.98 Å². The molecule has 0 aliphatic heterocycles. The maximum absolute atomic E-state index is 5.92.